The Labute approximate surface area is 113 Å². The summed E-state index contributed by atoms with van der Waals surface area (Å²) in [6, 6.07) is 7.45. The zero-order valence-electron chi connectivity index (χ0n) is 9.95. The summed E-state index contributed by atoms with van der Waals surface area (Å²) >= 11 is 3.38. The Kier molecular flexibility index (Phi) is 3.66. The van der Waals surface area contributed by atoms with Gasteiger partial charge in [0.05, 0.1) is 11.6 Å². The molecule has 1 aromatic carbocycles. The van der Waals surface area contributed by atoms with Crippen LogP contribution in [-0.4, -0.2) is 30.3 Å². The van der Waals surface area contributed by atoms with Crippen molar-refractivity contribution in [1.29, 1.82) is 0 Å². The van der Waals surface area contributed by atoms with Gasteiger partial charge in [0.25, 0.3) is 5.91 Å². The summed E-state index contributed by atoms with van der Waals surface area (Å²) in [5.41, 5.74) is 1.99. The van der Waals surface area contributed by atoms with E-state index in [1.807, 2.05) is 24.3 Å². The fourth-order valence-electron chi connectivity index (χ4n) is 1.54. The number of carbonyl (C=O) groups excluding carboxylic acids is 1. The quantitative estimate of drug-likeness (QED) is 0.913. The number of nitrogens with one attached hydrogen (secondary N) is 2. The van der Waals surface area contributed by atoms with Crippen LogP contribution >= 0.6 is 15.9 Å². The minimum absolute atomic E-state index is 0.214. The van der Waals surface area contributed by atoms with E-state index in [9.17, 15) is 4.79 Å². The van der Waals surface area contributed by atoms with E-state index in [1.54, 1.807) is 14.2 Å². The standard InChI is InChI=1S/C12H12BrN3O2/c1-14-12(17)11-9(13)10(15-16-11)7-3-5-8(18-2)6-4-7/h3-6H,1-2H3,(H,14,17)(H,15,16). The highest BCUT2D eigenvalue weighted by Gasteiger charge is 2.17. The van der Waals surface area contributed by atoms with Crippen LogP contribution < -0.4 is 10.1 Å². The van der Waals surface area contributed by atoms with Crippen molar-refractivity contribution in [3.8, 4) is 17.0 Å². The van der Waals surface area contributed by atoms with Gasteiger partial charge in [0.1, 0.15) is 17.1 Å². The highest BCUT2D eigenvalue weighted by Crippen LogP contribution is 2.29. The Hall–Kier alpha value is -1.82. The van der Waals surface area contributed by atoms with Crippen LogP contribution in [0.15, 0.2) is 28.7 Å². The van der Waals surface area contributed by atoms with Gasteiger partial charge in [-0.3, -0.25) is 9.89 Å². The van der Waals surface area contributed by atoms with Crippen molar-refractivity contribution in [2.75, 3.05) is 14.2 Å². The number of ether oxygens (including phenoxy) is 1. The lowest BCUT2D eigenvalue weighted by atomic mass is 10.1. The summed E-state index contributed by atoms with van der Waals surface area (Å²) in [4.78, 5) is 11.5. The number of aromatic nitrogens is 2. The molecule has 0 radical (unpaired) electrons. The topological polar surface area (TPSA) is 67.0 Å². The third kappa shape index (κ3) is 2.24. The summed E-state index contributed by atoms with van der Waals surface area (Å²) in [6.45, 7) is 0. The van der Waals surface area contributed by atoms with Crippen LogP contribution in [0.1, 0.15) is 10.5 Å². The molecule has 6 heteroatoms. The van der Waals surface area contributed by atoms with Gasteiger partial charge in [-0.25, -0.2) is 0 Å². The number of H-pyrrole nitrogens is 1. The van der Waals surface area contributed by atoms with Gasteiger partial charge in [-0.1, -0.05) is 0 Å². The third-order valence-corrected chi connectivity index (χ3v) is 3.30. The van der Waals surface area contributed by atoms with Gasteiger partial charge in [0.2, 0.25) is 0 Å². The van der Waals surface area contributed by atoms with Gasteiger partial charge in [-0.2, -0.15) is 5.10 Å². The van der Waals surface area contributed by atoms with Gasteiger partial charge in [0.15, 0.2) is 0 Å². The molecule has 5 nitrogen and oxygen atoms in total. The van der Waals surface area contributed by atoms with Gasteiger partial charge in [-0.15, -0.1) is 0 Å². The van der Waals surface area contributed by atoms with Crippen molar-refractivity contribution in [1.82, 2.24) is 15.5 Å². The van der Waals surface area contributed by atoms with E-state index in [0.717, 1.165) is 11.3 Å². The average molecular weight is 310 g/mol. The first-order chi connectivity index (χ1) is 8.67. The molecule has 0 bridgehead atoms. The second-order valence-electron chi connectivity index (χ2n) is 3.57. The second kappa shape index (κ2) is 5.22. The van der Waals surface area contributed by atoms with Gasteiger partial charge < -0.3 is 10.1 Å². The van der Waals surface area contributed by atoms with E-state index in [1.165, 1.54) is 0 Å². The Balaban J connectivity index is 2.39. The summed E-state index contributed by atoms with van der Waals surface area (Å²) in [5, 5.41) is 9.39. The molecule has 2 rings (SSSR count). The number of benzene rings is 1. The number of carbonyl (C=O) groups is 1. The molecular weight excluding hydrogens is 298 g/mol. The van der Waals surface area contributed by atoms with Crippen LogP contribution in [0.2, 0.25) is 0 Å². The summed E-state index contributed by atoms with van der Waals surface area (Å²) < 4.78 is 5.74. The summed E-state index contributed by atoms with van der Waals surface area (Å²) in [6.07, 6.45) is 0. The first kappa shape index (κ1) is 12.6. The summed E-state index contributed by atoms with van der Waals surface area (Å²) in [5.74, 6) is 0.561. The van der Waals surface area contributed by atoms with Gasteiger partial charge >= 0.3 is 0 Å². The molecule has 0 unspecified atom stereocenters. The first-order valence-corrected chi connectivity index (χ1v) is 6.07. The molecule has 1 aromatic heterocycles. The number of nitrogens with zero attached hydrogens (tertiary/aromatic N) is 1. The van der Waals surface area contributed by atoms with Gasteiger partial charge in [-0.05, 0) is 40.2 Å². The summed E-state index contributed by atoms with van der Waals surface area (Å²) in [7, 11) is 3.19. The largest absolute Gasteiger partial charge is 0.497 e. The van der Waals surface area contributed by atoms with E-state index in [2.05, 4.69) is 31.4 Å². The van der Waals surface area contributed by atoms with E-state index in [0.29, 0.717) is 15.9 Å². The maximum atomic E-state index is 11.5. The van der Waals surface area contributed by atoms with E-state index in [-0.39, 0.29) is 5.91 Å². The molecule has 0 saturated heterocycles. The molecule has 2 N–H and O–H groups in total. The Morgan fingerprint density at radius 3 is 2.61 bits per heavy atom. The van der Waals surface area contributed by atoms with Crippen molar-refractivity contribution < 1.29 is 9.53 Å². The SMILES string of the molecule is CNC(=O)c1[nH]nc(-c2ccc(OC)cc2)c1Br. The van der Waals surface area contributed by atoms with Crippen molar-refractivity contribution in [2.45, 2.75) is 0 Å². The minimum atomic E-state index is -0.214. The highest BCUT2D eigenvalue weighted by molar-refractivity contribution is 9.10. The zero-order valence-corrected chi connectivity index (χ0v) is 11.5. The van der Waals surface area contributed by atoms with Crippen molar-refractivity contribution in [2.24, 2.45) is 0 Å². The number of rotatable bonds is 3. The number of methoxy groups -OCH3 is 1. The Morgan fingerprint density at radius 2 is 2.06 bits per heavy atom. The molecule has 2 aromatic rings. The zero-order chi connectivity index (χ0) is 13.1. The van der Waals surface area contributed by atoms with Crippen molar-refractivity contribution >= 4 is 21.8 Å². The Morgan fingerprint density at radius 1 is 1.39 bits per heavy atom. The molecule has 0 aliphatic rings. The number of hydrogen-bond acceptors (Lipinski definition) is 3. The smallest absolute Gasteiger partial charge is 0.270 e. The number of amides is 1. The molecule has 0 atom stereocenters. The molecule has 94 valence electrons. The normalized spacial score (nSPS) is 10.2. The van der Waals surface area contributed by atoms with E-state index >= 15 is 0 Å². The molecule has 1 amide bonds. The predicted octanol–water partition coefficient (Wildman–Crippen LogP) is 2.21. The Bertz CT molecular complexity index is 563. The van der Waals surface area contributed by atoms with E-state index in [4.69, 9.17) is 4.74 Å². The molecule has 0 saturated carbocycles. The maximum Gasteiger partial charge on any atom is 0.270 e. The molecule has 0 fully saturated rings. The van der Waals surface area contributed by atoms with E-state index < -0.39 is 0 Å². The number of aromatic amines is 1. The second-order valence-corrected chi connectivity index (χ2v) is 4.36. The molecular formula is C12H12BrN3O2. The fraction of sp³-hybridized carbons (Fsp3) is 0.167. The number of hydrogen-bond donors (Lipinski definition) is 2. The molecule has 0 aliphatic carbocycles. The maximum absolute atomic E-state index is 11.5. The lowest BCUT2D eigenvalue weighted by molar-refractivity contribution is 0.0957. The predicted molar refractivity (Wildman–Crippen MR) is 71.7 cm³/mol. The van der Waals surface area contributed by atoms with Crippen LogP contribution in [0.5, 0.6) is 5.75 Å². The molecule has 0 spiro atoms. The van der Waals surface area contributed by atoms with Crippen LogP contribution in [0.3, 0.4) is 0 Å². The van der Waals surface area contributed by atoms with Gasteiger partial charge in [0, 0.05) is 12.6 Å². The van der Waals surface area contributed by atoms with Crippen LogP contribution in [0.25, 0.3) is 11.3 Å². The van der Waals surface area contributed by atoms with Crippen molar-refractivity contribution in [3.63, 3.8) is 0 Å². The monoisotopic (exact) mass is 309 g/mol. The van der Waals surface area contributed by atoms with Crippen LogP contribution in [0.4, 0.5) is 0 Å². The average Bonchev–Trinajstić information content (AvgIpc) is 2.80. The lowest BCUT2D eigenvalue weighted by Crippen LogP contribution is -2.18. The fourth-order valence-corrected chi connectivity index (χ4v) is 2.13. The molecule has 1 heterocycles. The number of halogens is 1. The van der Waals surface area contributed by atoms with Crippen LogP contribution in [0, 0.1) is 0 Å². The van der Waals surface area contributed by atoms with Crippen molar-refractivity contribution in [3.05, 3.63) is 34.4 Å². The minimum Gasteiger partial charge on any atom is -0.497 e. The lowest BCUT2D eigenvalue weighted by Gasteiger charge is -2.01. The van der Waals surface area contributed by atoms with Crippen LogP contribution in [-0.2, 0) is 0 Å². The first-order valence-electron chi connectivity index (χ1n) is 5.27. The highest BCUT2D eigenvalue weighted by atomic mass is 79.9. The molecule has 0 aliphatic heterocycles. The molecule has 18 heavy (non-hydrogen) atoms. The third-order valence-electron chi connectivity index (χ3n) is 2.52.